The van der Waals surface area contributed by atoms with Crippen molar-refractivity contribution in [1.29, 1.82) is 0 Å². The lowest BCUT2D eigenvalue weighted by Crippen LogP contribution is -2.35. The number of amides is 1. The molecule has 1 aliphatic rings. The Hall–Kier alpha value is -2.45. The summed E-state index contributed by atoms with van der Waals surface area (Å²) in [4.78, 5) is 17.1. The number of rotatable bonds is 6. The second-order valence-electron chi connectivity index (χ2n) is 7.22. The maximum absolute atomic E-state index is 13.2. The van der Waals surface area contributed by atoms with E-state index in [1.807, 2.05) is 0 Å². The van der Waals surface area contributed by atoms with Crippen molar-refractivity contribution in [3.63, 3.8) is 0 Å². The summed E-state index contributed by atoms with van der Waals surface area (Å²) in [5, 5.41) is 0. The first-order valence-corrected chi connectivity index (χ1v) is 11.7. The lowest BCUT2D eigenvalue weighted by atomic mass is 10.2. The number of carbonyl (C=O) groups excluding carboxylic acids is 1. The molecule has 2 aromatic carbocycles. The molecule has 1 saturated heterocycles. The summed E-state index contributed by atoms with van der Waals surface area (Å²) in [6, 6.07) is 12.6. The van der Waals surface area contributed by atoms with Crippen LogP contribution in [0.1, 0.15) is 30.6 Å². The zero-order valence-corrected chi connectivity index (χ0v) is 18.2. The Balaban J connectivity index is 1.68. The highest BCUT2D eigenvalue weighted by Crippen LogP contribution is 2.20. The molecule has 162 valence electrons. The van der Waals surface area contributed by atoms with Crippen molar-refractivity contribution in [3.05, 3.63) is 59.9 Å². The second kappa shape index (κ2) is 9.57. The topological polar surface area (TPSA) is 60.9 Å². The molecule has 1 aliphatic heterocycles. The van der Waals surface area contributed by atoms with Gasteiger partial charge in [-0.25, -0.2) is 12.8 Å². The Kier molecular flexibility index (Phi) is 7.10. The SMILES string of the molecule is CCN(CC)S(=O)(=O)c1ccc(C(=O)N2CCCN(c3ccc(F)cc3)CC2)cc1. The monoisotopic (exact) mass is 433 g/mol. The van der Waals surface area contributed by atoms with Crippen LogP contribution in [-0.4, -0.2) is 62.8 Å². The lowest BCUT2D eigenvalue weighted by Gasteiger charge is -2.24. The third-order valence-corrected chi connectivity index (χ3v) is 7.48. The van der Waals surface area contributed by atoms with Crippen molar-refractivity contribution in [1.82, 2.24) is 9.21 Å². The Labute approximate surface area is 177 Å². The number of benzene rings is 2. The summed E-state index contributed by atoms with van der Waals surface area (Å²) in [6.45, 7) is 7.02. The number of hydrogen-bond donors (Lipinski definition) is 0. The van der Waals surface area contributed by atoms with Gasteiger partial charge in [0.15, 0.2) is 0 Å². The quantitative estimate of drug-likeness (QED) is 0.702. The Morgan fingerprint density at radius 2 is 1.57 bits per heavy atom. The van der Waals surface area contributed by atoms with Crippen LogP contribution in [0.5, 0.6) is 0 Å². The van der Waals surface area contributed by atoms with Crippen molar-refractivity contribution in [2.24, 2.45) is 0 Å². The van der Waals surface area contributed by atoms with Crippen LogP contribution in [0.3, 0.4) is 0 Å². The molecule has 2 aromatic rings. The standard InChI is InChI=1S/C22H28FN3O3S/c1-3-26(4-2)30(28,29)21-12-6-18(7-13-21)22(27)25-15-5-14-24(16-17-25)20-10-8-19(23)9-11-20/h6-13H,3-5,14-17H2,1-2H3. The molecule has 0 radical (unpaired) electrons. The maximum atomic E-state index is 13.2. The molecule has 0 N–H and O–H groups in total. The molecule has 0 atom stereocenters. The van der Waals surface area contributed by atoms with E-state index < -0.39 is 10.0 Å². The molecule has 0 unspecified atom stereocenters. The van der Waals surface area contributed by atoms with Crippen LogP contribution in [0, 0.1) is 5.82 Å². The fourth-order valence-corrected chi connectivity index (χ4v) is 5.15. The van der Waals surface area contributed by atoms with Gasteiger partial charge in [-0.1, -0.05) is 13.8 Å². The second-order valence-corrected chi connectivity index (χ2v) is 9.16. The molecule has 0 aliphatic carbocycles. The third-order valence-electron chi connectivity index (χ3n) is 5.42. The normalized spacial score (nSPS) is 15.3. The predicted molar refractivity (Wildman–Crippen MR) is 116 cm³/mol. The molecule has 0 saturated carbocycles. The van der Waals surface area contributed by atoms with Crippen LogP contribution in [0.4, 0.5) is 10.1 Å². The van der Waals surface area contributed by atoms with E-state index in [1.165, 1.54) is 28.6 Å². The van der Waals surface area contributed by atoms with Gasteiger partial charge in [-0.3, -0.25) is 4.79 Å². The average Bonchev–Trinajstić information content (AvgIpc) is 3.01. The van der Waals surface area contributed by atoms with Crippen LogP contribution in [0.15, 0.2) is 53.4 Å². The molecule has 1 heterocycles. The van der Waals surface area contributed by atoms with Gasteiger partial charge in [0, 0.05) is 50.5 Å². The van der Waals surface area contributed by atoms with Crippen LogP contribution in [0.2, 0.25) is 0 Å². The summed E-state index contributed by atoms with van der Waals surface area (Å²) in [7, 11) is -3.54. The largest absolute Gasteiger partial charge is 0.370 e. The van der Waals surface area contributed by atoms with Gasteiger partial charge in [-0.2, -0.15) is 4.31 Å². The number of anilines is 1. The number of sulfonamides is 1. The van der Waals surface area contributed by atoms with Gasteiger partial charge in [0.25, 0.3) is 5.91 Å². The number of carbonyl (C=O) groups is 1. The van der Waals surface area contributed by atoms with E-state index in [0.717, 1.165) is 18.7 Å². The summed E-state index contributed by atoms with van der Waals surface area (Å²) in [5.74, 6) is -0.375. The Morgan fingerprint density at radius 3 is 2.17 bits per heavy atom. The van der Waals surface area contributed by atoms with Gasteiger partial charge in [0.05, 0.1) is 4.90 Å². The maximum Gasteiger partial charge on any atom is 0.253 e. The molecule has 3 rings (SSSR count). The zero-order valence-electron chi connectivity index (χ0n) is 17.4. The number of halogens is 1. The molecular weight excluding hydrogens is 405 g/mol. The van der Waals surface area contributed by atoms with E-state index in [9.17, 15) is 17.6 Å². The highest BCUT2D eigenvalue weighted by Gasteiger charge is 2.24. The Morgan fingerprint density at radius 1 is 0.933 bits per heavy atom. The molecule has 6 nitrogen and oxygen atoms in total. The first-order chi connectivity index (χ1) is 14.4. The summed E-state index contributed by atoms with van der Waals surface area (Å²) >= 11 is 0. The predicted octanol–water partition coefficient (Wildman–Crippen LogP) is 3.21. The number of hydrogen-bond acceptors (Lipinski definition) is 4. The van der Waals surface area contributed by atoms with E-state index in [4.69, 9.17) is 0 Å². The summed E-state index contributed by atoms with van der Waals surface area (Å²) in [5.41, 5.74) is 1.42. The van der Waals surface area contributed by atoms with E-state index in [2.05, 4.69) is 4.90 Å². The highest BCUT2D eigenvalue weighted by atomic mass is 32.2. The summed E-state index contributed by atoms with van der Waals surface area (Å²) < 4.78 is 39.8. The molecule has 0 bridgehead atoms. The van der Waals surface area contributed by atoms with Crippen LogP contribution < -0.4 is 4.90 Å². The van der Waals surface area contributed by atoms with Crippen molar-refractivity contribution in [2.45, 2.75) is 25.2 Å². The third kappa shape index (κ3) is 4.82. The highest BCUT2D eigenvalue weighted by molar-refractivity contribution is 7.89. The van der Waals surface area contributed by atoms with Crippen molar-refractivity contribution in [3.8, 4) is 0 Å². The van der Waals surface area contributed by atoms with Gasteiger partial charge < -0.3 is 9.80 Å². The minimum Gasteiger partial charge on any atom is -0.370 e. The first-order valence-electron chi connectivity index (χ1n) is 10.3. The minimum absolute atomic E-state index is 0.109. The van der Waals surface area contributed by atoms with E-state index in [-0.39, 0.29) is 16.6 Å². The van der Waals surface area contributed by atoms with E-state index in [1.54, 1.807) is 43.0 Å². The van der Waals surface area contributed by atoms with Gasteiger partial charge in [-0.05, 0) is 55.0 Å². The van der Waals surface area contributed by atoms with Crippen LogP contribution in [0.25, 0.3) is 0 Å². The van der Waals surface area contributed by atoms with Crippen molar-refractivity contribution >= 4 is 21.6 Å². The van der Waals surface area contributed by atoms with Gasteiger partial charge in [-0.15, -0.1) is 0 Å². The summed E-state index contributed by atoms with van der Waals surface area (Å²) in [6.07, 6.45) is 0.803. The molecule has 8 heteroatoms. The fourth-order valence-electron chi connectivity index (χ4n) is 3.70. The molecule has 0 spiro atoms. The fraction of sp³-hybridized carbons (Fsp3) is 0.409. The molecule has 1 amide bonds. The number of nitrogens with zero attached hydrogens (tertiary/aromatic N) is 3. The van der Waals surface area contributed by atoms with Crippen molar-refractivity contribution < 1.29 is 17.6 Å². The minimum atomic E-state index is -3.54. The molecule has 1 fully saturated rings. The average molecular weight is 434 g/mol. The lowest BCUT2D eigenvalue weighted by molar-refractivity contribution is 0.0767. The zero-order chi connectivity index (χ0) is 21.7. The smallest absolute Gasteiger partial charge is 0.253 e. The first kappa shape index (κ1) is 22.2. The molecule has 30 heavy (non-hydrogen) atoms. The van der Waals surface area contributed by atoms with Gasteiger partial charge in [0.1, 0.15) is 5.82 Å². The van der Waals surface area contributed by atoms with Crippen LogP contribution >= 0.6 is 0 Å². The van der Waals surface area contributed by atoms with Gasteiger partial charge in [0.2, 0.25) is 10.0 Å². The Bertz CT molecular complexity index is 958. The van der Waals surface area contributed by atoms with Crippen molar-refractivity contribution in [2.75, 3.05) is 44.2 Å². The molecular formula is C22H28FN3O3S. The van der Waals surface area contributed by atoms with Gasteiger partial charge >= 0.3 is 0 Å². The van der Waals surface area contributed by atoms with Crippen LogP contribution in [-0.2, 0) is 10.0 Å². The molecule has 0 aromatic heterocycles. The van der Waals surface area contributed by atoms with E-state index in [0.29, 0.717) is 38.3 Å². The van der Waals surface area contributed by atoms with E-state index >= 15 is 0 Å².